The third-order valence-corrected chi connectivity index (χ3v) is 1.73. The van der Waals surface area contributed by atoms with Crippen LogP contribution in [0.1, 0.15) is 33.6 Å². The molecule has 0 saturated heterocycles. The third-order valence-electron chi connectivity index (χ3n) is 1.73. The number of halogens is 1. The van der Waals surface area contributed by atoms with Gasteiger partial charge in [0, 0.05) is 6.61 Å². The van der Waals surface area contributed by atoms with Crippen molar-refractivity contribution in [2.24, 2.45) is 0 Å². The molecule has 0 fully saturated rings. The van der Waals surface area contributed by atoms with E-state index in [4.69, 9.17) is 5.11 Å². The second-order valence-corrected chi connectivity index (χ2v) is 3.25. The van der Waals surface area contributed by atoms with Crippen LogP contribution in [0.3, 0.4) is 0 Å². The molecule has 0 aliphatic heterocycles. The van der Waals surface area contributed by atoms with E-state index in [0.717, 1.165) is 12.8 Å². The van der Waals surface area contributed by atoms with Crippen LogP contribution in [-0.2, 0) is 26.2 Å². The molecule has 0 bridgehead atoms. The first-order valence-corrected chi connectivity index (χ1v) is 5.29. The monoisotopic (exact) mass is 330 g/mol. The van der Waals surface area contributed by atoms with Crippen molar-refractivity contribution in [1.82, 2.24) is 0 Å². The first-order valence-electron chi connectivity index (χ1n) is 5.29. The predicted molar refractivity (Wildman–Crippen MR) is 72.4 cm³/mol. The van der Waals surface area contributed by atoms with Crippen LogP contribution in [0.15, 0.2) is 35.5 Å². The predicted octanol–water partition coefficient (Wildman–Crippen LogP) is 3.81. The Kier molecular flexibility index (Phi) is 21.1. The molecule has 0 spiro atoms. The molecule has 0 aromatic heterocycles. The van der Waals surface area contributed by atoms with Crippen molar-refractivity contribution in [2.45, 2.75) is 33.6 Å². The minimum Gasteiger partial charge on any atom is -0.397 e. The molecule has 0 heterocycles. The van der Waals surface area contributed by atoms with E-state index in [1.807, 2.05) is 0 Å². The van der Waals surface area contributed by atoms with Crippen molar-refractivity contribution in [3.63, 3.8) is 0 Å². The summed E-state index contributed by atoms with van der Waals surface area (Å²) in [5.74, 6) is 0. The first kappa shape index (κ1) is 22.3. The van der Waals surface area contributed by atoms with Crippen LogP contribution in [0.2, 0.25) is 0 Å². The summed E-state index contributed by atoms with van der Waals surface area (Å²) >= 11 is 0. The number of rotatable bonds is 0. The number of aliphatic hydroxyl groups excluding tert-OH is 1. The van der Waals surface area contributed by atoms with E-state index in [2.05, 4.69) is 50.3 Å². The number of hydrogen-bond acceptors (Lipinski definition) is 1. The molecule has 0 radical (unpaired) electrons. The normalized spacial score (nSPS) is 14.1. The molecule has 0 amide bonds. The Morgan fingerprint density at radius 2 is 1.35 bits per heavy atom. The molecule has 2 aliphatic rings. The standard InChI is InChI=1S/2C6H7.C2H6O.ClH.Zr/c2*1-6-4-2-3-5-6;1-2-3;;/h2*2,4H,3H2,1H3;3H,2H2,1H3;1H;/q2*-1;;;+2. The molecule has 0 aromatic rings. The van der Waals surface area contributed by atoms with Crippen LogP contribution < -0.4 is 0 Å². The van der Waals surface area contributed by atoms with Crippen molar-refractivity contribution >= 4 is 12.4 Å². The summed E-state index contributed by atoms with van der Waals surface area (Å²) in [4.78, 5) is 0. The maximum atomic E-state index is 7.57. The Hall–Kier alpha value is 0.0931. The summed E-state index contributed by atoms with van der Waals surface area (Å²) in [5, 5.41) is 7.57. The molecular formula is C14H21ClOZr. The van der Waals surface area contributed by atoms with Gasteiger partial charge in [0.25, 0.3) is 0 Å². The van der Waals surface area contributed by atoms with Crippen molar-refractivity contribution in [2.75, 3.05) is 6.61 Å². The summed E-state index contributed by atoms with van der Waals surface area (Å²) < 4.78 is 0. The zero-order valence-electron chi connectivity index (χ0n) is 10.8. The van der Waals surface area contributed by atoms with Gasteiger partial charge >= 0.3 is 26.2 Å². The van der Waals surface area contributed by atoms with Crippen LogP contribution >= 0.6 is 12.4 Å². The Morgan fingerprint density at radius 3 is 1.41 bits per heavy atom. The average molecular weight is 332 g/mol. The van der Waals surface area contributed by atoms with Gasteiger partial charge in [0.2, 0.25) is 0 Å². The quantitative estimate of drug-likeness (QED) is 0.669. The van der Waals surface area contributed by atoms with Crippen LogP contribution in [0.4, 0.5) is 0 Å². The minimum atomic E-state index is 0. The summed E-state index contributed by atoms with van der Waals surface area (Å²) in [6, 6.07) is 0. The first-order chi connectivity index (χ1) is 7.20. The largest absolute Gasteiger partial charge is 2.00 e. The van der Waals surface area contributed by atoms with Crippen LogP contribution in [0.5, 0.6) is 0 Å². The van der Waals surface area contributed by atoms with Crippen LogP contribution in [-0.4, -0.2) is 11.7 Å². The van der Waals surface area contributed by atoms with Crippen molar-refractivity contribution in [3.05, 3.63) is 47.6 Å². The van der Waals surface area contributed by atoms with Gasteiger partial charge in [-0.2, -0.15) is 12.2 Å². The van der Waals surface area contributed by atoms with E-state index in [1.165, 1.54) is 11.1 Å². The fraction of sp³-hybridized carbons (Fsp3) is 0.429. The summed E-state index contributed by atoms with van der Waals surface area (Å²) in [6.07, 6.45) is 16.7. The molecular weight excluding hydrogens is 311 g/mol. The second kappa shape index (κ2) is 16.1. The average Bonchev–Trinajstić information content (AvgIpc) is 2.81. The molecule has 2 aliphatic carbocycles. The molecule has 1 nitrogen and oxygen atoms in total. The maximum absolute atomic E-state index is 7.57. The van der Waals surface area contributed by atoms with Crippen molar-refractivity contribution in [3.8, 4) is 0 Å². The zero-order valence-corrected chi connectivity index (χ0v) is 14.1. The molecule has 0 aromatic carbocycles. The van der Waals surface area contributed by atoms with Gasteiger partial charge in [-0.3, -0.25) is 12.2 Å². The Bertz CT molecular complexity index is 244. The zero-order chi connectivity index (χ0) is 11.5. The molecule has 0 atom stereocenters. The van der Waals surface area contributed by atoms with Gasteiger partial charge in [-0.05, 0) is 6.92 Å². The Labute approximate surface area is 131 Å². The van der Waals surface area contributed by atoms with Gasteiger partial charge in [0.1, 0.15) is 0 Å². The molecule has 2 rings (SSSR count). The molecule has 94 valence electrons. The van der Waals surface area contributed by atoms with E-state index in [0.29, 0.717) is 0 Å². The van der Waals surface area contributed by atoms with E-state index >= 15 is 0 Å². The van der Waals surface area contributed by atoms with Crippen LogP contribution in [0, 0.1) is 12.2 Å². The van der Waals surface area contributed by atoms with Gasteiger partial charge in [-0.25, -0.2) is 23.3 Å². The van der Waals surface area contributed by atoms with Gasteiger partial charge < -0.3 is 5.11 Å². The maximum Gasteiger partial charge on any atom is 2.00 e. The molecule has 3 heteroatoms. The summed E-state index contributed by atoms with van der Waals surface area (Å²) in [5.41, 5.74) is 2.55. The fourth-order valence-corrected chi connectivity index (χ4v) is 1.03. The number of allylic oxidation sites excluding steroid dienone is 8. The Morgan fingerprint density at radius 1 is 1.06 bits per heavy atom. The van der Waals surface area contributed by atoms with Crippen molar-refractivity contribution in [1.29, 1.82) is 0 Å². The number of aliphatic hydroxyl groups is 1. The van der Waals surface area contributed by atoms with Gasteiger partial charge in [-0.1, -0.05) is 13.8 Å². The fourth-order valence-electron chi connectivity index (χ4n) is 1.03. The van der Waals surface area contributed by atoms with E-state index in [9.17, 15) is 0 Å². The van der Waals surface area contributed by atoms with Crippen LogP contribution in [0.25, 0.3) is 0 Å². The smallest absolute Gasteiger partial charge is 0.397 e. The number of hydrogen-bond donors (Lipinski definition) is 1. The van der Waals surface area contributed by atoms with E-state index < -0.39 is 0 Å². The van der Waals surface area contributed by atoms with Gasteiger partial charge in [0.15, 0.2) is 0 Å². The van der Waals surface area contributed by atoms with E-state index in [1.54, 1.807) is 6.92 Å². The van der Waals surface area contributed by atoms with Gasteiger partial charge in [0.05, 0.1) is 0 Å². The van der Waals surface area contributed by atoms with E-state index in [-0.39, 0.29) is 45.2 Å². The minimum absolute atomic E-state index is 0. The third kappa shape index (κ3) is 16.1. The summed E-state index contributed by atoms with van der Waals surface area (Å²) in [7, 11) is 0. The molecule has 0 unspecified atom stereocenters. The Balaban J connectivity index is -0.000000173. The molecule has 1 N–H and O–H groups in total. The molecule has 0 saturated carbocycles. The SMILES string of the molecule is CC1=[C-]CC=C1.CC1=[C-]CC=C1.CCO.Cl.[Zr+2]. The molecule has 17 heavy (non-hydrogen) atoms. The summed E-state index contributed by atoms with van der Waals surface area (Å²) in [6.45, 7) is 6.05. The topological polar surface area (TPSA) is 20.2 Å². The van der Waals surface area contributed by atoms with Gasteiger partial charge in [-0.15, -0.1) is 25.2 Å². The van der Waals surface area contributed by atoms with Crippen molar-refractivity contribution < 1.29 is 31.3 Å². The second-order valence-electron chi connectivity index (χ2n) is 3.25.